The monoisotopic (exact) mass is 601 g/mol. The van der Waals surface area contributed by atoms with Crippen LogP contribution in [0, 0.1) is 6.92 Å². The summed E-state index contributed by atoms with van der Waals surface area (Å²) in [6.07, 6.45) is 1.60. The van der Waals surface area contributed by atoms with Gasteiger partial charge in [-0.2, -0.15) is 0 Å². The van der Waals surface area contributed by atoms with Crippen molar-refractivity contribution in [2.45, 2.75) is 13.5 Å². The zero-order valence-corrected chi connectivity index (χ0v) is 24.3. The van der Waals surface area contributed by atoms with Gasteiger partial charge in [0.25, 0.3) is 5.91 Å². The van der Waals surface area contributed by atoms with Gasteiger partial charge in [-0.05, 0) is 66.6 Å². The van der Waals surface area contributed by atoms with Gasteiger partial charge in [0.15, 0.2) is 5.17 Å². The number of thioether (sulfide) groups is 1. The number of nitrogens with one attached hydrogen (secondary N) is 1. The lowest BCUT2D eigenvalue weighted by Gasteiger charge is -2.18. The number of ether oxygens (including phenoxy) is 1. The average molecular weight is 603 g/mol. The zero-order valence-electron chi connectivity index (χ0n) is 22.0. The minimum Gasteiger partial charge on any atom is -0.489 e. The Bertz CT molecular complexity index is 1620. The summed E-state index contributed by atoms with van der Waals surface area (Å²) in [6, 6.07) is 29.8. The highest BCUT2D eigenvalue weighted by atomic mass is 35.5. The highest BCUT2D eigenvalue weighted by molar-refractivity contribution is 8.14. The first-order valence-electron chi connectivity index (χ1n) is 12.7. The van der Waals surface area contributed by atoms with Crippen molar-refractivity contribution in [2.75, 3.05) is 16.0 Å². The fourth-order valence-electron chi connectivity index (χ4n) is 4.00. The number of hydrogen-bond donors (Lipinski definition) is 1. The Morgan fingerprint density at radius 2 is 1.68 bits per heavy atom. The number of nitrogens with zero attached hydrogens (tertiary/aromatic N) is 2. The van der Waals surface area contributed by atoms with E-state index in [4.69, 9.17) is 27.9 Å². The first-order chi connectivity index (χ1) is 19.9. The summed E-state index contributed by atoms with van der Waals surface area (Å²) in [5.41, 5.74) is 4.20. The number of anilines is 2. The molecule has 6 nitrogen and oxygen atoms in total. The van der Waals surface area contributed by atoms with E-state index in [2.05, 4.69) is 10.3 Å². The van der Waals surface area contributed by atoms with Crippen LogP contribution in [0.4, 0.5) is 11.4 Å². The second kappa shape index (κ2) is 13.1. The molecule has 0 saturated carbocycles. The van der Waals surface area contributed by atoms with Gasteiger partial charge in [0.2, 0.25) is 5.91 Å². The number of amides is 2. The quantitative estimate of drug-likeness (QED) is 0.208. The lowest BCUT2D eigenvalue weighted by molar-refractivity contribution is -0.114. The molecule has 0 spiro atoms. The van der Waals surface area contributed by atoms with E-state index in [1.807, 2.05) is 73.7 Å². The van der Waals surface area contributed by atoms with E-state index in [1.54, 1.807) is 36.4 Å². The molecule has 0 fully saturated rings. The van der Waals surface area contributed by atoms with Crippen LogP contribution in [0.25, 0.3) is 6.08 Å². The fourth-order valence-corrected chi connectivity index (χ4v) is 5.17. The molecule has 0 unspecified atom stereocenters. The molecule has 0 atom stereocenters. The highest BCUT2D eigenvalue weighted by Gasteiger charge is 2.32. The molecule has 1 aliphatic heterocycles. The Kier molecular flexibility index (Phi) is 9.09. The molecule has 0 saturated heterocycles. The smallest absolute Gasteiger partial charge is 0.283 e. The maximum Gasteiger partial charge on any atom is 0.283 e. The molecule has 5 rings (SSSR count). The number of aliphatic imine (C=N–C) groups is 1. The average Bonchev–Trinajstić information content (AvgIpc) is 3.29. The van der Waals surface area contributed by atoms with Gasteiger partial charge in [-0.3, -0.25) is 14.5 Å². The SMILES string of the molecule is Cc1ccc(N2C(=O)C(=Cc3cccc(Cl)c3Cl)N=C2SCC(=O)Nc2ccc(OCc3ccccc3)cc2)cc1. The molecule has 2 amide bonds. The molecular formula is C32H25Cl2N3O3S. The molecular weight excluding hydrogens is 577 g/mol. The maximum atomic E-state index is 13.5. The van der Waals surface area contributed by atoms with Crippen molar-refractivity contribution in [1.29, 1.82) is 0 Å². The Balaban J connectivity index is 1.27. The number of benzene rings is 4. The standard InChI is InChI=1S/C32H25Cl2N3O3S/c1-21-10-14-25(15-11-21)37-31(39)28(18-23-8-5-9-27(33)30(23)34)36-32(37)41-20-29(38)35-24-12-16-26(17-13-24)40-19-22-6-3-2-4-7-22/h2-18H,19-20H2,1H3,(H,35,38). The Morgan fingerprint density at radius 3 is 2.41 bits per heavy atom. The first kappa shape index (κ1) is 28.5. The van der Waals surface area contributed by atoms with Crippen LogP contribution >= 0.6 is 35.0 Å². The van der Waals surface area contributed by atoms with E-state index in [0.717, 1.165) is 11.1 Å². The molecule has 0 radical (unpaired) electrons. The molecule has 0 bridgehead atoms. The summed E-state index contributed by atoms with van der Waals surface area (Å²) in [7, 11) is 0. The molecule has 41 heavy (non-hydrogen) atoms. The van der Waals surface area contributed by atoms with Crippen molar-refractivity contribution in [1.82, 2.24) is 0 Å². The van der Waals surface area contributed by atoms with Crippen LogP contribution in [0.5, 0.6) is 5.75 Å². The molecule has 206 valence electrons. The lowest BCUT2D eigenvalue weighted by atomic mass is 10.2. The molecule has 9 heteroatoms. The second-order valence-electron chi connectivity index (χ2n) is 9.18. The Morgan fingerprint density at radius 1 is 0.951 bits per heavy atom. The minimum atomic E-state index is -0.320. The Labute approximate surface area is 252 Å². The largest absolute Gasteiger partial charge is 0.489 e. The Hall–Kier alpha value is -4.04. The molecule has 1 heterocycles. The van der Waals surface area contributed by atoms with Gasteiger partial charge in [0, 0.05) is 5.69 Å². The van der Waals surface area contributed by atoms with Gasteiger partial charge in [0.1, 0.15) is 18.1 Å². The number of carbonyl (C=O) groups is 2. The normalized spacial score (nSPS) is 13.8. The summed E-state index contributed by atoms with van der Waals surface area (Å²) in [5.74, 6) is 0.195. The molecule has 0 aromatic heterocycles. The van der Waals surface area contributed by atoms with Crippen LogP contribution < -0.4 is 15.0 Å². The third kappa shape index (κ3) is 7.19. The van der Waals surface area contributed by atoms with Gasteiger partial charge in [-0.1, -0.05) is 95.1 Å². The van der Waals surface area contributed by atoms with Gasteiger partial charge < -0.3 is 10.1 Å². The van der Waals surface area contributed by atoms with E-state index in [9.17, 15) is 9.59 Å². The predicted molar refractivity (Wildman–Crippen MR) is 169 cm³/mol. The van der Waals surface area contributed by atoms with Gasteiger partial charge in [0.05, 0.1) is 21.5 Å². The molecule has 4 aromatic carbocycles. The number of rotatable bonds is 8. The lowest BCUT2D eigenvalue weighted by Crippen LogP contribution is -2.31. The summed E-state index contributed by atoms with van der Waals surface area (Å²) < 4.78 is 5.81. The molecule has 1 aliphatic rings. The van der Waals surface area contributed by atoms with Crippen molar-refractivity contribution in [2.24, 2.45) is 4.99 Å². The third-order valence-electron chi connectivity index (χ3n) is 6.11. The van der Waals surface area contributed by atoms with Crippen molar-refractivity contribution < 1.29 is 14.3 Å². The number of amidine groups is 1. The van der Waals surface area contributed by atoms with Gasteiger partial charge in [-0.15, -0.1) is 0 Å². The summed E-state index contributed by atoms with van der Waals surface area (Å²) in [6.45, 7) is 2.43. The van der Waals surface area contributed by atoms with Crippen molar-refractivity contribution in [3.63, 3.8) is 0 Å². The number of hydrogen-bond acceptors (Lipinski definition) is 5. The highest BCUT2D eigenvalue weighted by Crippen LogP contribution is 2.32. The maximum absolute atomic E-state index is 13.5. The van der Waals surface area contributed by atoms with E-state index < -0.39 is 0 Å². The number of carbonyl (C=O) groups excluding carboxylic acids is 2. The first-order valence-corrected chi connectivity index (χ1v) is 14.5. The fraction of sp³-hybridized carbons (Fsp3) is 0.0938. The van der Waals surface area contributed by atoms with Gasteiger partial charge in [-0.25, -0.2) is 4.99 Å². The summed E-state index contributed by atoms with van der Waals surface area (Å²) in [5, 5.41) is 4.00. The van der Waals surface area contributed by atoms with Crippen LogP contribution in [-0.2, 0) is 16.2 Å². The second-order valence-corrected chi connectivity index (χ2v) is 10.9. The van der Waals surface area contributed by atoms with E-state index >= 15 is 0 Å². The molecule has 1 N–H and O–H groups in total. The van der Waals surface area contributed by atoms with Crippen LogP contribution in [0.3, 0.4) is 0 Å². The van der Waals surface area contributed by atoms with Gasteiger partial charge >= 0.3 is 0 Å². The van der Waals surface area contributed by atoms with Crippen LogP contribution in [0.2, 0.25) is 10.0 Å². The molecule has 0 aliphatic carbocycles. The zero-order chi connectivity index (χ0) is 28.8. The minimum absolute atomic E-state index is 0.0476. The van der Waals surface area contributed by atoms with E-state index in [-0.39, 0.29) is 23.3 Å². The van der Waals surface area contributed by atoms with Crippen molar-refractivity contribution in [3.8, 4) is 5.75 Å². The van der Waals surface area contributed by atoms with E-state index in [1.165, 1.54) is 16.7 Å². The molecule has 4 aromatic rings. The van der Waals surface area contributed by atoms with E-state index in [0.29, 0.717) is 44.5 Å². The van der Waals surface area contributed by atoms with Crippen LogP contribution in [-0.4, -0.2) is 22.7 Å². The topological polar surface area (TPSA) is 71.0 Å². The van der Waals surface area contributed by atoms with Crippen LogP contribution in [0.1, 0.15) is 16.7 Å². The number of aryl methyl sites for hydroxylation is 1. The predicted octanol–water partition coefficient (Wildman–Crippen LogP) is 8.00. The third-order valence-corrected chi connectivity index (χ3v) is 7.89. The summed E-state index contributed by atoms with van der Waals surface area (Å²) in [4.78, 5) is 32.3. The van der Waals surface area contributed by atoms with Crippen molar-refractivity contribution >= 4 is 69.4 Å². The van der Waals surface area contributed by atoms with Crippen molar-refractivity contribution in [3.05, 3.63) is 129 Å². The summed E-state index contributed by atoms with van der Waals surface area (Å²) >= 11 is 13.7. The number of halogens is 2. The van der Waals surface area contributed by atoms with Crippen LogP contribution in [0.15, 0.2) is 108 Å².